The lowest BCUT2D eigenvalue weighted by Crippen LogP contribution is -2.14. The molecule has 5 nitrogen and oxygen atoms in total. The van der Waals surface area contributed by atoms with Crippen molar-refractivity contribution >= 4 is 11.9 Å². The van der Waals surface area contributed by atoms with Crippen molar-refractivity contribution in [3.8, 4) is 0 Å². The van der Waals surface area contributed by atoms with E-state index in [4.69, 9.17) is 5.11 Å². The average molecular weight is 223 g/mol. The number of nitrogens with zero attached hydrogens (tertiary/aromatic N) is 2. The van der Waals surface area contributed by atoms with Crippen LogP contribution in [0.15, 0.2) is 12.4 Å². The van der Waals surface area contributed by atoms with Crippen molar-refractivity contribution in [1.82, 2.24) is 9.97 Å². The van der Waals surface area contributed by atoms with Gasteiger partial charge in [-0.3, -0.25) is 4.79 Å². The summed E-state index contributed by atoms with van der Waals surface area (Å²) < 4.78 is 0. The fourth-order valence-corrected chi connectivity index (χ4v) is 1.09. The van der Waals surface area contributed by atoms with Crippen LogP contribution in [-0.2, 0) is 10.2 Å². The van der Waals surface area contributed by atoms with E-state index in [0.717, 1.165) is 5.56 Å². The molecule has 0 radical (unpaired) electrons. The first-order chi connectivity index (χ1) is 7.39. The molecule has 1 aromatic heterocycles. The van der Waals surface area contributed by atoms with E-state index in [0.29, 0.717) is 12.5 Å². The molecule has 0 atom stereocenters. The topological polar surface area (TPSA) is 75.1 Å². The summed E-state index contributed by atoms with van der Waals surface area (Å²) in [6, 6.07) is 0. The third-order valence-electron chi connectivity index (χ3n) is 2.14. The average Bonchev–Trinajstić information content (AvgIpc) is 2.16. The standard InChI is InChI=1S/C11H17N3O2/c1-11(2,3)8-6-13-10(14-7-8)12-5-4-9(15)16/h6-7H,4-5H2,1-3H3,(H,15,16)(H,12,13,14). The van der Waals surface area contributed by atoms with Gasteiger partial charge in [0.15, 0.2) is 0 Å². The molecule has 0 aliphatic heterocycles. The van der Waals surface area contributed by atoms with E-state index >= 15 is 0 Å². The van der Waals surface area contributed by atoms with E-state index in [9.17, 15) is 4.79 Å². The van der Waals surface area contributed by atoms with Gasteiger partial charge in [-0.1, -0.05) is 20.8 Å². The third kappa shape index (κ3) is 3.84. The largest absolute Gasteiger partial charge is 0.481 e. The fraction of sp³-hybridized carbons (Fsp3) is 0.545. The number of aliphatic carboxylic acids is 1. The zero-order valence-corrected chi connectivity index (χ0v) is 9.82. The van der Waals surface area contributed by atoms with Gasteiger partial charge in [-0.15, -0.1) is 0 Å². The maximum absolute atomic E-state index is 10.3. The van der Waals surface area contributed by atoms with Gasteiger partial charge in [0.25, 0.3) is 0 Å². The van der Waals surface area contributed by atoms with Crippen LogP contribution in [-0.4, -0.2) is 27.6 Å². The molecule has 5 heteroatoms. The van der Waals surface area contributed by atoms with E-state index in [1.807, 2.05) is 0 Å². The van der Waals surface area contributed by atoms with E-state index in [1.165, 1.54) is 0 Å². The van der Waals surface area contributed by atoms with Crippen LogP contribution in [0.25, 0.3) is 0 Å². The first kappa shape index (κ1) is 12.4. The summed E-state index contributed by atoms with van der Waals surface area (Å²) in [4.78, 5) is 18.5. The number of carboxylic acid groups (broad SMARTS) is 1. The Labute approximate surface area is 94.9 Å². The van der Waals surface area contributed by atoms with Gasteiger partial charge in [0.1, 0.15) is 0 Å². The molecule has 0 fully saturated rings. The number of anilines is 1. The van der Waals surface area contributed by atoms with Crippen molar-refractivity contribution < 1.29 is 9.90 Å². The van der Waals surface area contributed by atoms with Crippen LogP contribution < -0.4 is 5.32 Å². The molecule has 0 saturated heterocycles. The summed E-state index contributed by atoms with van der Waals surface area (Å²) in [6.45, 7) is 6.60. The van der Waals surface area contributed by atoms with Crippen molar-refractivity contribution in [3.05, 3.63) is 18.0 Å². The Balaban J connectivity index is 2.55. The summed E-state index contributed by atoms with van der Waals surface area (Å²) in [5.74, 6) is -0.368. The molecule has 0 unspecified atom stereocenters. The minimum absolute atomic E-state index is 0.0274. The minimum atomic E-state index is -0.834. The molecule has 1 aromatic rings. The van der Waals surface area contributed by atoms with Gasteiger partial charge < -0.3 is 10.4 Å². The van der Waals surface area contributed by atoms with Gasteiger partial charge in [-0.2, -0.15) is 0 Å². The van der Waals surface area contributed by atoms with Gasteiger partial charge in [0.05, 0.1) is 6.42 Å². The highest BCUT2D eigenvalue weighted by Gasteiger charge is 2.14. The van der Waals surface area contributed by atoms with E-state index in [-0.39, 0.29) is 11.8 Å². The Hall–Kier alpha value is -1.65. The Morgan fingerprint density at radius 3 is 2.38 bits per heavy atom. The number of aromatic nitrogens is 2. The molecule has 0 spiro atoms. The molecule has 1 heterocycles. The summed E-state index contributed by atoms with van der Waals surface area (Å²) in [6.07, 6.45) is 3.58. The van der Waals surface area contributed by atoms with Gasteiger partial charge in [-0.05, 0) is 11.0 Å². The number of carbonyl (C=O) groups is 1. The number of nitrogens with one attached hydrogen (secondary N) is 1. The van der Waals surface area contributed by atoms with Gasteiger partial charge in [-0.25, -0.2) is 9.97 Å². The molecule has 2 N–H and O–H groups in total. The second kappa shape index (κ2) is 4.92. The first-order valence-corrected chi connectivity index (χ1v) is 5.18. The highest BCUT2D eigenvalue weighted by atomic mass is 16.4. The number of rotatable bonds is 4. The summed E-state index contributed by atoms with van der Waals surface area (Å²) in [7, 11) is 0. The van der Waals surface area contributed by atoms with Crippen LogP contribution in [0.3, 0.4) is 0 Å². The van der Waals surface area contributed by atoms with Crippen LogP contribution in [0.5, 0.6) is 0 Å². The first-order valence-electron chi connectivity index (χ1n) is 5.18. The molecule has 1 rings (SSSR count). The second-order valence-electron chi connectivity index (χ2n) is 4.62. The molecule has 0 bridgehead atoms. The van der Waals surface area contributed by atoms with Crippen LogP contribution in [0.4, 0.5) is 5.95 Å². The Morgan fingerprint density at radius 1 is 1.38 bits per heavy atom. The molecule has 0 amide bonds. The molecular weight excluding hydrogens is 206 g/mol. The zero-order chi connectivity index (χ0) is 12.2. The molecule has 0 aliphatic rings. The summed E-state index contributed by atoms with van der Waals surface area (Å²) >= 11 is 0. The predicted octanol–water partition coefficient (Wildman–Crippen LogP) is 1.66. The lowest BCUT2D eigenvalue weighted by atomic mass is 9.89. The zero-order valence-electron chi connectivity index (χ0n) is 9.82. The highest BCUT2D eigenvalue weighted by Crippen LogP contribution is 2.20. The van der Waals surface area contributed by atoms with E-state index < -0.39 is 5.97 Å². The maximum Gasteiger partial charge on any atom is 0.305 e. The molecule has 0 saturated carbocycles. The van der Waals surface area contributed by atoms with Crippen molar-refractivity contribution in [2.45, 2.75) is 32.6 Å². The minimum Gasteiger partial charge on any atom is -0.481 e. The summed E-state index contributed by atoms with van der Waals surface area (Å²) in [5, 5.41) is 11.3. The SMILES string of the molecule is CC(C)(C)c1cnc(NCCC(=O)O)nc1. The smallest absolute Gasteiger partial charge is 0.305 e. The van der Waals surface area contributed by atoms with Crippen LogP contribution in [0.1, 0.15) is 32.8 Å². The Morgan fingerprint density at radius 2 is 1.94 bits per heavy atom. The molecular formula is C11H17N3O2. The lowest BCUT2D eigenvalue weighted by molar-refractivity contribution is -0.136. The van der Waals surface area contributed by atoms with Crippen molar-refractivity contribution in [1.29, 1.82) is 0 Å². The van der Waals surface area contributed by atoms with Crippen molar-refractivity contribution in [2.75, 3.05) is 11.9 Å². The Kier molecular flexibility index (Phi) is 3.82. The van der Waals surface area contributed by atoms with E-state index in [2.05, 4.69) is 36.1 Å². The monoisotopic (exact) mass is 223 g/mol. The van der Waals surface area contributed by atoms with E-state index in [1.54, 1.807) is 12.4 Å². The fourth-order valence-electron chi connectivity index (χ4n) is 1.09. The van der Waals surface area contributed by atoms with Gasteiger partial charge in [0, 0.05) is 18.9 Å². The van der Waals surface area contributed by atoms with Crippen molar-refractivity contribution in [2.24, 2.45) is 0 Å². The van der Waals surface area contributed by atoms with Crippen molar-refractivity contribution in [3.63, 3.8) is 0 Å². The summed E-state index contributed by atoms with van der Waals surface area (Å²) in [5.41, 5.74) is 1.08. The number of hydrogen-bond donors (Lipinski definition) is 2. The second-order valence-corrected chi connectivity index (χ2v) is 4.62. The Bertz CT molecular complexity index is 354. The number of carboxylic acids is 1. The molecule has 0 aromatic carbocycles. The maximum atomic E-state index is 10.3. The predicted molar refractivity (Wildman–Crippen MR) is 61.5 cm³/mol. The normalized spacial score (nSPS) is 11.2. The highest BCUT2D eigenvalue weighted by molar-refractivity contribution is 5.67. The van der Waals surface area contributed by atoms with Crippen LogP contribution >= 0.6 is 0 Å². The van der Waals surface area contributed by atoms with Gasteiger partial charge >= 0.3 is 5.97 Å². The molecule has 16 heavy (non-hydrogen) atoms. The molecule has 88 valence electrons. The van der Waals surface area contributed by atoms with Crippen LogP contribution in [0.2, 0.25) is 0 Å². The van der Waals surface area contributed by atoms with Crippen LogP contribution in [0, 0.1) is 0 Å². The quantitative estimate of drug-likeness (QED) is 0.812. The third-order valence-corrected chi connectivity index (χ3v) is 2.14. The van der Waals surface area contributed by atoms with Gasteiger partial charge in [0.2, 0.25) is 5.95 Å². The number of hydrogen-bond acceptors (Lipinski definition) is 4. The lowest BCUT2D eigenvalue weighted by Gasteiger charge is -2.17. The molecule has 0 aliphatic carbocycles.